The molecule has 0 radical (unpaired) electrons. The molecule has 0 fully saturated rings. The van der Waals surface area contributed by atoms with E-state index < -0.39 is 0 Å². The van der Waals surface area contributed by atoms with Gasteiger partial charge in [-0.2, -0.15) is 5.10 Å². The van der Waals surface area contributed by atoms with Gasteiger partial charge in [-0.3, -0.25) is 0 Å². The van der Waals surface area contributed by atoms with E-state index in [2.05, 4.69) is 30.2 Å². The molecule has 2 N–H and O–H groups in total. The number of rotatable bonds is 1. The van der Waals surface area contributed by atoms with Crippen molar-refractivity contribution in [2.45, 2.75) is 13.8 Å². The minimum Gasteiger partial charge on any atom is -0.399 e. The minimum atomic E-state index is 0.767. The zero-order chi connectivity index (χ0) is 12.7. The number of nitrogens with zero attached hydrogens (tertiary/aromatic N) is 2. The Morgan fingerprint density at radius 3 is 2.44 bits per heavy atom. The van der Waals surface area contributed by atoms with Crippen molar-refractivity contribution in [1.82, 2.24) is 9.78 Å². The van der Waals surface area contributed by atoms with Crippen LogP contribution in [0.2, 0.25) is 0 Å². The maximum absolute atomic E-state index is 5.72. The molecule has 0 aliphatic heterocycles. The Balaban J connectivity index is 2.30. The second kappa shape index (κ2) is 3.88. The van der Waals surface area contributed by atoms with Gasteiger partial charge in [0.05, 0.1) is 16.9 Å². The standard InChI is InChI=1S/C15H15N3/c1-10-4-3-5-14-15(10)11(2)17-18(14)13-8-6-12(16)7-9-13/h3-9H,16H2,1-2H3. The molecule has 0 saturated heterocycles. The van der Waals surface area contributed by atoms with E-state index in [1.165, 1.54) is 10.9 Å². The third kappa shape index (κ3) is 1.56. The number of nitrogen functional groups attached to an aromatic ring is 1. The van der Waals surface area contributed by atoms with Crippen LogP contribution in [0.15, 0.2) is 42.5 Å². The van der Waals surface area contributed by atoms with Crippen LogP contribution < -0.4 is 5.73 Å². The summed E-state index contributed by atoms with van der Waals surface area (Å²) in [6, 6.07) is 14.0. The third-order valence-corrected chi connectivity index (χ3v) is 3.23. The van der Waals surface area contributed by atoms with Crippen LogP contribution in [0.5, 0.6) is 0 Å². The Morgan fingerprint density at radius 2 is 1.72 bits per heavy atom. The van der Waals surface area contributed by atoms with Gasteiger partial charge in [0.1, 0.15) is 0 Å². The molecule has 3 aromatic rings. The van der Waals surface area contributed by atoms with Crippen LogP contribution in [0.1, 0.15) is 11.3 Å². The van der Waals surface area contributed by atoms with Gasteiger partial charge in [0.2, 0.25) is 0 Å². The van der Waals surface area contributed by atoms with Gasteiger partial charge in [0.15, 0.2) is 0 Å². The Bertz CT molecular complexity index is 708. The quantitative estimate of drug-likeness (QED) is 0.660. The van der Waals surface area contributed by atoms with Gasteiger partial charge >= 0.3 is 0 Å². The first kappa shape index (κ1) is 10.8. The molecule has 0 aliphatic rings. The van der Waals surface area contributed by atoms with E-state index in [0.29, 0.717) is 0 Å². The summed E-state index contributed by atoms with van der Waals surface area (Å²) in [7, 11) is 0. The van der Waals surface area contributed by atoms with Gasteiger partial charge in [0.25, 0.3) is 0 Å². The molecular formula is C15H15N3. The average molecular weight is 237 g/mol. The molecule has 2 aromatic carbocycles. The number of hydrogen-bond donors (Lipinski definition) is 1. The van der Waals surface area contributed by atoms with Crippen molar-refractivity contribution in [3.8, 4) is 5.69 Å². The number of nitrogens with two attached hydrogens (primary N) is 1. The van der Waals surface area contributed by atoms with E-state index in [9.17, 15) is 0 Å². The van der Waals surface area contributed by atoms with Crippen LogP contribution in [0.4, 0.5) is 5.69 Å². The Labute approximate surface area is 106 Å². The molecule has 1 heterocycles. The van der Waals surface area contributed by atoms with Crippen LogP contribution in [0, 0.1) is 13.8 Å². The summed E-state index contributed by atoms with van der Waals surface area (Å²) >= 11 is 0. The van der Waals surface area contributed by atoms with E-state index in [1.54, 1.807) is 0 Å². The fourth-order valence-corrected chi connectivity index (χ4v) is 2.37. The van der Waals surface area contributed by atoms with Gasteiger partial charge < -0.3 is 5.73 Å². The normalized spacial score (nSPS) is 11.0. The lowest BCUT2D eigenvalue weighted by atomic mass is 10.1. The molecule has 90 valence electrons. The number of anilines is 1. The maximum atomic E-state index is 5.72. The summed E-state index contributed by atoms with van der Waals surface area (Å²) in [5.74, 6) is 0. The van der Waals surface area contributed by atoms with Crippen LogP contribution >= 0.6 is 0 Å². The lowest BCUT2D eigenvalue weighted by Crippen LogP contribution is -1.96. The summed E-state index contributed by atoms with van der Waals surface area (Å²) in [5, 5.41) is 5.86. The molecule has 0 bridgehead atoms. The molecule has 0 saturated carbocycles. The molecular weight excluding hydrogens is 222 g/mol. The lowest BCUT2D eigenvalue weighted by Gasteiger charge is -2.04. The fraction of sp³-hybridized carbons (Fsp3) is 0.133. The van der Waals surface area contributed by atoms with Crippen LogP contribution in [0.3, 0.4) is 0 Å². The van der Waals surface area contributed by atoms with Crippen molar-refractivity contribution in [3.63, 3.8) is 0 Å². The molecule has 0 amide bonds. The molecule has 3 nitrogen and oxygen atoms in total. The highest BCUT2D eigenvalue weighted by atomic mass is 15.3. The third-order valence-electron chi connectivity index (χ3n) is 3.23. The Morgan fingerprint density at radius 1 is 1.00 bits per heavy atom. The topological polar surface area (TPSA) is 43.8 Å². The highest BCUT2D eigenvalue weighted by Gasteiger charge is 2.10. The highest BCUT2D eigenvalue weighted by molar-refractivity contribution is 5.86. The van der Waals surface area contributed by atoms with Crippen molar-refractivity contribution in [2.24, 2.45) is 0 Å². The molecule has 3 heteroatoms. The first-order valence-electron chi connectivity index (χ1n) is 5.97. The predicted molar refractivity (Wildman–Crippen MR) is 75.0 cm³/mol. The molecule has 18 heavy (non-hydrogen) atoms. The smallest absolute Gasteiger partial charge is 0.0746 e. The van der Waals surface area contributed by atoms with Gasteiger partial charge in [-0.05, 0) is 49.7 Å². The van der Waals surface area contributed by atoms with Gasteiger partial charge in [-0.1, -0.05) is 12.1 Å². The molecule has 0 aliphatic carbocycles. The second-order valence-corrected chi connectivity index (χ2v) is 4.56. The van der Waals surface area contributed by atoms with E-state index in [-0.39, 0.29) is 0 Å². The van der Waals surface area contributed by atoms with E-state index in [1.807, 2.05) is 35.9 Å². The Hall–Kier alpha value is -2.29. The maximum Gasteiger partial charge on any atom is 0.0746 e. The van der Waals surface area contributed by atoms with E-state index in [4.69, 9.17) is 5.73 Å². The highest BCUT2D eigenvalue weighted by Crippen LogP contribution is 2.24. The van der Waals surface area contributed by atoms with Crippen molar-refractivity contribution in [1.29, 1.82) is 0 Å². The SMILES string of the molecule is Cc1cccc2c1c(C)nn2-c1ccc(N)cc1. The number of aryl methyl sites for hydroxylation is 2. The molecule has 0 atom stereocenters. The summed E-state index contributed by atoms with van der Waals surface area (Å²) in [6.45, 7) is 4.16. The first-order chi connectivity index (χ1) is 8.66. The lowest BCUT2D eigenvalue weighted by molar-refractivity contribution is 0.889. The molecule has 1 aromatic heterocycles. The average Bonchev–Trinajstić information content (AvgIpc) is 2.69. The monoisotopic (exact) mass is 237 g/mol. The zero-order valence-electron chi connectivity index (χ0n) is 10.5. The van der Waals surface area contributed by atoms with Crippen LogP contribution in [-0.2, 0) is 0 Å². The number of benzene rings is 2. The van der Waals surface area contributed by atoms with Crippen LogP contribution in [-0.4, -0.2) is 9.78 Å². The van der Waals surface area contributed by atoms with E-state index >= 15 is 0 Å². The summed E-state index contributed by atoms with van der Waals surface area (Å²) in [6.07, 6.45) is 0. The number of aromatic nitrogens is 2. The van der Waals surface area contributed by atoms with Crippen molar-refractivity contribution < 1.29 is 0 Å². The number of hydrogen-bond acceptors (Lipinski definition) is 2. The molecule has 0 spiro atoms. The van der Waals surface area contributed by atoms with Crippen molar-refractivity contribution >= 4 is 16.6 Å². The van der Waals surface area contributed by atoms with Gasteiger partial charge in [0, 0.05) is 11.1 Å². The van der Waals surface area contributed by atoms with Crippen molar-refractivity contribution in [2.75, 3.05) is 5.73 Å². The minimum absolute atomic E-state index is 0.767. The first-order valence-corrected chi connectivity index (χ1v) is 5.97. The van der Waals surface area contributed by atoms with Gasteiger partial charge in [-0.25, -0.2) is 4.68 Å². The molecule has 3 rings (SSSR count). The summed E-state index contributed by atoms with van der Waals surface area (Å²) in [4.78, 5) is 0. The van der Waals surface area contributed by atoms with Crippen molar-refractivity contribution in [3.05, 3.63) is 53.7 Å². The predicted octanol–water partition coefficient (Wildman–Crippen LogP) is 3.22. The fourth-order valence-electron chi connectivity index (χ4n) is 2.37. The van der Waals surface area contributed by atoms with Gasteiger partial charge in [-0.15, -0.1) is 0 Å². The largest absolute Gasteiger partial charge is 0.399 e. The summed E-state index contributed by atoms with van der Waals surface area (Å²) in [5.41, 5.74) is 11.0. The zero-order valence-corrected chi connectivity index (χ0v) is 10.5. The van der Waals surface area contributed by atoms with E-state index in [0.717, 1.165) is 22.6 Å². The number of fused-ring (bicyclic) bond motifs is 1. The second-order valence-electron chi connectivity index (χ2n) is 4.56. The van der Waals surface area contributed by atoms with Crippen LogP contribution in [0.25, 0.3) is 16.6 Å². The Kier molecular flexibility index (Phi) is 2.33. The molecule has 0 unspecified atom stereocenters. The summed E-state index contributed by atoms with van der Waals surface area (Å²) < 4.78 is 1.97.